The van der Waals surface area contributed by atoms with Gasteiger partial charge in [-0.25, -0.2) is 9.59 Å². The molecule has 2 N–H and O–H groups in total. The van der Waals surface area contributed by atoms with E-state index in [0.29, 0.717) is 0 Å². The first-order valence-electron chi connectivity index (χ1n) is 9.24. The number of hydrogen-bond donors (Lipinski definition) is 2. The van der Waals surface area contributed by atoms with Crippen molar-refractivity contribution in [2.45, 2.75) is 40.3 Å². The number of aromatic carboxylic acids is 1. The van der Waals surface area contributed by atoms with Crippen molar-refractivity contribution in [3.8, 4) is 0 Å². The Morgan fingerprint density at radius 2 is 1.82 bits per heavy atom. The summed E-state index contributed by atoms with van der Waals surface area (Å²) in [7, 11) is 0. The van der Waals surface area contributed by atoms with E-state index in [1.807, 2.05) is 32.0 Å². The Labute approximate surface area is 162 Å². The first-order chi connectivity index (χ1) is 13.4. The number of hydrogen-bond acceptors (Lipinski definition) is 3. The average Bonchev–Trinajstić information content (AvgIpc) is 2.98. The number of amides is 1. The normalized spacial score (nSPS) is 11.0. The molecule has 0 radical (unpaired) electrons. The maximum absolute atomic E-state index is 12.9. The second-order valence-electron chi connectivity index (χ2n) is 6.56. The lowest BCUT2D eigenvalue weighted by Gasteiger charge is -2.14. The SMILES string of the molecule is CCc1cccc(C)c1CNC(=O)n1c(=O)c2cccc(C(=O)O)c2n1CC. The van der Waals surface area contributed by atoms with Gasteiger partial charge in [-0.05, 0) is 49.1 Å². The van der Waals surface area contributed by atoms with Gasteiger partial charge in [0.1, 0.15) is 0 Å². The fourth-order valence-electron chi connectivity index (χ4n) is 3.58. The zero-order valence-electron chi connectivity index (χ0n) is 16.2. The van der Waals surface area contributed by atoms with Crippen molar-refractivity contribution in [1.29, 1.82) is 0 Å². The number of carboxylic acid groups (broad SMARTS) is 1. The number of aryl methyl sites for hydroxylation is 3. The van der Waals surface area contributed by atoms with Crippen LogP contribution < -0.4 is 10.9 Å². The van der Waals surface area contributed by atoms with Gasteiger partial charge >= 0.3 is 12.0 Å². The van der Waals surface area contributed by atoms with Crippen LogP contribution >= 0.6 is 0 Å². The highest BCUT2D eigenvalue weighted by Crippen LogP contribution is 2.18. The van der Waals surface area contributed by atoms with E-state index in [-0.39, 0.29) is 29.6 Å². The third-order valence-electron chi connectivity index (χ3n) is 4.99. The predicted octanol–water partition coefficient (Wildman–Crippen LogP) is 3.15. The van der Waals surface area contributed by atoms with E-state index >= 15 is 0 Å². The van der Waals surface area contributed by atoms with Gasteiger partial charge in [-0.3, -0.25) is 9.48 Å². The van der Waals surface area contributed by atoms with E-state index in [0.717, 1.165) is 27.8 Å². The summed E-state index contributed by atoms with van der Waals surface area (Å²) < 4.78 is 2.40. The number of carboxylic acids is 1. The van der Waals surface area contributed by atoms with Gasteiger partial charge < -0.3 is 10.4 Å². The summed E-state index contributed by atoms with van der Waals surface area (Å²) in [6.07, 6.45) is 0.837. The molecule has 1 heterocycles. The Morgan fingerprint density at radius 3 is 2.46 bits per heavy atom. The summed E-state index contributed by atoms with van der Waals surface area (Å²) in [4.78, 5) is 37.2. The summed E-state index contributed by atoms with van der Waals surface area (Å²) in [6, 6.07) is 9.88. The minimum atomic E-state index is -1.14. The number of para-hydroxylation sites is 1. The highest BCUT2D eigenvalue weighted by molar-refractivity contribution is 6.02. The highest BCUT2D eigenvalue weighted by Gasteiger charge is 2.22. The van der Waals surface area contributed by atoms with Crippen molar-refractivity contribution in [2.75, 3.05) is 0 Å². The van der Waals surface area contributed by atoms with Gasteiger partial charge in [0.05, 0.1) is 16.5 Å². The van der Waals surface area contributed by atoms with Crippen LogP contribution in [0.5, 0.6) is 0 Å². The second kappa shape index (κ2) is 7.72. The van der Waals surface area contributed by atoms with E-state index in [1.54, 1.807) is 6.92 Å². The van der Waals surface area contributed by atoms with Crippen LogP contribution in [0, 0.1) is 6.92 Å². The molecule has 0 fully saturated rings. The summed E-state index contributed by atoms with van der Waals surface area (Å²) >= 11 is 0. The van der Waals surface area contributed by atoms with Gasteiger partial charge in [0.25, 0.3) is 5.56 Å². The molecule has 0 spiro atoms. The topological polar surface area (TPSA) is 93.3 Å². The number of nitrogens with zero attached hydrogens (tertiary/aromatic N) is 2. The Balaban J connectivity index is 2.04. The first kappa shape index (κ1) is 19.4. The Hall–Kier alpha value is -3.35. The molecule has 0 atom stereocenters. The number of carbonyl (C=O) groups is 2. The Morgan fingerprint density at radius 1 is 1.11 bits per heavy atom. The van der Waals surface area contributed by atoms with E-state index in [1.165, 1.54) is 22.9 Å². The van der Waals surface area contributed by atoms with Crippen LogP contribution in [0.3, 0.4) is 0 Å². The van der Waals surface area contributed by atoms with Crippen LogP contribution in [0.1, 0.15) is 40.9 Å². The molecular formula is C21H23N3O4. The molecule has 1 amide bonds. The molecule has 3 rings (SSSR count). The van der Waals surface area contributed by atoms with Gasteiger partial charge in [0.15, 0.2) is 0 Å². The van der Waals surface area contributed by atoms with E-state index < -0.39 is 17.6 Å². The molecule has 0 saturated heterocycles. The van der Waals surface area contributed by atoms with Crippen molar-refractivity contribution in [1.82, 2.24) is 14.7 Å². The second-order valence-corrected chi connectivity index (χ2v) is 6.56. The van der Waals surface area contributed by atoms with Gasteiger partial charge in [-0.15, -0.1) is 0 Å². The van der Waals surface area contributed by atoms with Crippen molar-refractivity contribution in [3.63, 3.8) is 0 Å². The lowest BCUT2D eigenvalue weighted by atomic mass is 10.0. The highest BCUT2D eigenvalue weighted by atomic mass is 16.4. The molecule has 3 aromatic rings. The molecule has 1 aromatic heterocycles. The van der Waals surface area contributed by atoms with Crippen molar-refractivity contribution in [3.05, 3.63) is 69.0 Å². The molecule has 2 aromatic carbocycles. The largest absolute Gasteiger partial charge is 0.478 e. The summed E-state index contributed by atoms with van der Waals surface area (Å²) in [5.74, 6) is -1.14. The van der Waals surface area contributed by atoms with Crippen molar-refractivity contribution < 1.29 is 14.7 Å². The summed E-state index contributed by atoms with van der Waals surface area (Å²) in [5.41, 5.74) is 2.95. The predicted molar refractivity (Wildman–Crippen MR) is 107 cm³/mol. The number of fused-ring (bicyclic) bond motifs is 1. The van der Waals surface area contributed by atoms with Crippen LogP contribution in [0.25, 0.3) is 10.9 Å². The van der Waals surface area contributed by atoms with Crippen LogP contribution in [0.4, 0.5) is 4.79 Å². The zero-order valence-corrected chi connectivity index (χ0v) is 16.2. The van der Waals surface area contributed by atoms with Crippen LogP contribution in [0.2, 0.25) is 0 Å². The molecule has 0 aliphatic heterocycles. The van der Waals surface area contributed by atoms with Crippen molar-refractivity contribution in [2.24, 2.45) is 0 Å². The standard InChI is InChI=1S/C21H23N3O4/c1-4-14-9-6-8-13(3)17(14)12-22-21(28)24-19(25)15-10-7-11-16(20(26)27)18(15)23(24)5-2/h6-11H,4-5,12H2,1-3H3,(H,22,28)(H,26,27). The van der Waals surface area contributed by atoms with Gasteiger partial charge in [-0.2, -0.15) is 4.68 Å². The average molecular weight is 381 g/mol. The molecule has 0 unspecified atom stereocenters. The molecule has 0 aliphatic carbocycles. The summed E-state index contributed by atoms with van der Waals surface area (Å²) in [6.45, 7) is 6.36. The third kappa shape index (κ3) is 3.19. The van der Waals surface area contributed by atoms with E-state index in [4.69, 9.17) is 0 Å². The summed E-state index contributed by atoms with van der Waals surface area (Å²) in [5, 5.41) is 12.5. The number of benzene rings is 2. The molecule has 28 heavy (non-hydrogen) atoms. The zero-order chi connectivity index (χ0) is 20.4. The third-order valence-corrected chi connectivity index (χ3v) is 4.99. The number of nitrogens with one attached hydrogen (secondary N) is 1. The van der Waals surface area contributed by atoms with Crippen LogP contribution in [-0.4, -0.2) is 26.5 Å². The Kier molecular flexibility index (Phi) is 5.35. The maximum Gasteiger partial charge on any atom is 0.344 e. The molecule has 0 aliphatic rings. The molecule has 146 valence electrons. The number of rotatable bonds is 5. The lowest BCUT2D eigenvalue weighted by molar-refractivity contribution is 0.0698. The number of aromatic nitrogens is 2. The molecule has 0 saturated carbocycles. The Bertz CT molecular complexity index is 1120. The first-order valence-corrected chi connectivity index (χ1v) is 9.24. The van der Waals surface area contributed by atoms with E-state index in [2.05, 4.69) is 5.32 Å². The minimum absolute atomic E-state index is 0.00447. The molecular weight excluding hydrogens is 358 g/mol. The fraction of sp³-hybridized carbons (Fsp3) is 0.286. The number of carbonyl (C=O) groups excluding carboxylic acids is 1. The minimum Gasteiger partial charge on any atom is -0.478 e. The van der Waals surface area contributed by atoms with Gasteiger partial charge in [0, 0.05) is 13.1 Å². The molecule has 7 nitrogen and oxygen atoms in total. The van der Waals surface area contributed by atoms with Crippen LogP contribution in [-0.2, 0) is 19.5 Å². The quantitative estimate of drug-likeness (QED) is 0.710. The van der Waals surface area contributed by atoms with Crippen LogP contribution in [0.15, 0.2) is 41.2 Å². The molecule has 7 heteroatoms. The molecule has 0 bridgehead atoms. The van der Waals surface area contributed by atoms with Gasteiger partial charge in [-0.1, -0.05) is 31.2 Å². The monoisotopic (exact) mass is 381 g/mol. The smallest absolute Gasteiger partial charge is 0.344 e. The van der Waals surface area contributed by atoms with Crippen molar-refractivity contribution >= 4 is 22.9 Å². The maximum atomic E-state index is 12.9. The fourth-order valence-corrected chi connectivity index (χ4v) is 3.58. The van der Waals surface area contributed by atoms with E-state index in [9.17, 15) is 19.5 Å². The lowest BCUT2D eigenvalue weighted by Crippen LogP contribution is -2.38. The van der Waals surface area contributed by atoms with Gasteiger partial charge in [0.2, 0.25) is 0 Å².